The van der Waals surface area contributed by atoms with E-state index in [1.807, 2.05) is 42.5 Å². The van der Waals surface area contributed by atoms with E-state index in [0.717, 1.165) is 23.9 Å². The molecule has 0 saturated heterocycles. The molecule has 1 aliphatic rings. The van der Waals surface area contributed by atoms with Gasteiger partial charge in [-0.2, -0.15) is 5.10 Å². The van der Waals surface area contributed by atoms with Gasteiger partial charge in [0.2, 0.25) is 11.3 Å². The summed E-state index contributed by atoms with van der Waals surface area (Å²) in [5.41, 5.74) is 1.72. The molecule has 1 aliphatic carbocycles. The van der Waals surface area contributed by atoms with Crippen LogP contribution in [0.1, 0.15) is 30.9 Å². The zero-order valence-electron chi connectivity index (χ0n) is 14.8. The number of benzene rings is 2. The van der Waals surface area contributed by atoms with E-state index in [9.17, 15) is 9.59 Å². The molecule has 1 aromatic heterocycles. The van der Waals surface area contributed by atoms with E-state index in [1.54, 1.807) is 10.7 Å². The van der Waals surface area contributed by atoms with E-state index in [4.69, 9.17) is 11.6 Å². The van der Waals surface area contributed by atoms with E-state index in [0.29, 0.717) is 29.3 Å². The number of hydrogen-bond acceptors (Lipinski definition) is 3. The number of nitrogens with one attached hydrogen (secondary N) is 1. The summed E-state index contributed by atoms with van der Waals surface area (Å²) in [6.45, 7) is 0.421. The number of rotatable bonds is 6. The van der Waals surface area contributed by atoms with Gasteiger partial charge in [0, 0.05) is 16.8 Å². The molecule has 6 heteroatoms. The Morgan fingerprint density at radius 1 is 1.19 bits per heavy atom. The van der Waals surface area contributed by atoms with Gasteiger partial charge in [-0.3, -0.25) is 14.3 Å². The topological polar surface area (TPSA) is 64.0 Å². The van der Waals surface area contributed by atoms with Crippen molar-refractivity contribution in [1.82, 2.24) is 15.1 Å². The standard InChI is InChI=1S/C21H20ClN3O2/c22-16-9-7-15(8-10-16)21(14-5-6-14)24-20(27)11-12-25-18-4-2-1-3-17(18)19(26)13-23-25/h1-4,7-10,13-14,21H,5-6,11-12H2,(H,24,27). The van der Waals surface area contributed by atoms with Crippen LogP contribution in [0.15, 0.2) is 59.5 Å². The van der Waals surface area contributed by atoms with Crippen molar-refractivity contribution in [3.63, 3.8) is 0 Å². The second-order valence-electron chi connectivity index (χ2n) is 6.93. The molecular weight excluding hydrogens is 362 g/mol. The molecule has 0 spiro atoms. The fourth-order valence-corrected chi connectivity index (χ4v) is 3.49. The maximum Gasteiger partial charge on any atom is 0.222 e. The van der Waals surface area contributed by atoms with Crippen LogP contribution < -0.4 is 10.7 Å². The van der Waals surface area contributed by atoms with Crippen molar-refractivity contribution in [3.05, 3.63) is 75.5 Å². The highest BCUT2D eigenvalue weighted by atomic mass is 35.5. The maximum atomic E-state index is 12.6. The van der Waals surface area contributed by atoms with Gasteiger partial charge >= 0.3 is 0 Å². The van der Waals surface area contributed by atoms with Gasteiger partial charge in [0.1, 0.15) is 0 Å². The average Bonchev–Trinajstić information content (AvgIpc) is 3.52. The van der Waals surface area contributed by atoms with E-state index in [1.165, 1.54) is 6.20 Å². The maximum absolute atomic E-state index is 12.6. The third kappa shape index (κ3) is 4.03. The van der Waals surface area contributed by atoms with Crippen LogP contribution in [-0.2, 0) is 11.3 Å². The molecule has 138 valence electrons. The Balaban J connectivity index is 1.46. The number of carbonyl (C=O) groups excluding carboxylic acids is 1. The lowest BCUT2D eigenvalue weighted by molar-refractivity contribution is -0.122. The van der Waals surface area contributed by atoms with Crippen LogP contribution in [0, 0.1) is 5.92 Å². The predicted octanol–water partition coefficient (Wildman–Crippen LogP) is 3.71. The summed E-state index contributed by atoms with van der Waals surface area (Å²) in [7, 11) is 0. The number of fused-ring (bicyclic) bond motifs is 1. The van der Waals surface area contributed by atoms with Crippen LogP contribution in [0.4, 0.5) is 0 Å². The van der Waals surface area contributed by atoms with Crippen LogP contribution >= 0.6 is 11.6 Å². The van der Waals surface area contributed by atoms with Crippen LogP contribution in [0.2, 0.25) is 5.02 Å². The van der Waals surface area contributed by atoms with Gasteiger partial charge in [0.15, 0.2) is 0 Å². The number of nitrogens with zero attached hydrogens (tertiary/aromatic N) is 2. The van der Waals surface area contributed by atoms with Gasteiger partial charge in [0.25, 0.3) is 0 Å². The highest BCUT2D eigenvalue weighted by Gasteiger charge is 2.33. The minimum Gasteiger partial charge on any atom is -0.349 e. The summed E-state index contributed by atoms with van der Waals surface area (Å²) in [5, 5.41) is 8.65. The molecule has 1 saturated carbocycles. The Morgan fingerprint density at radius 2 is 1.93 bits per heavy atom. The fourth-order valence-electron chi connectivity index (χ4n) is 3.37. The van der Waals surface area contributed by atoms with Gasteiger partial charge in [-0.15, -0.1) is 0 Å². The smallest absolute Gasteiger partial charge is 0.222 e. The normalized spacial score (nSPS) is 14.9. The van der Waals surface area contributed by atoms with Crippen LogP contribution in [0.25, 0.3) is 10.9 Å². The summed E-state index contributed by atoms with van der Waals surface area (Å²) in [6.07, 6.45) is 3.86. The summed E-state index contributed by atoms with van der Waals surface area (Å²) in [6, 6.07) is 15.0. The molecule has 1 amide bonds. The summed E-state index contributed by atoms with van der Waals surface area (Å²) < 4.78 is 1.71. The largest absolute Gasteiger partial charge is 0.349 e. The number of amides is 1. The van der Waals surface area contributed by atoms with Gasteiger partial charge in [-0.05, 0) is 48.6 Å². The van der Waals surface area contributed by atoms with E-state index < -0.39 is 0 Å². The van der Waals surface area contributed by atoms with E-state index in [-0.39, 0.29) is 17.4 Å². The molecular formula is C21H20ClN3O2. The monoisotopic (exact) mass is 381 g/mol. The molecule has 0 radical (unpaired) electrons. The summed E-state index contributed by atoms with van der Waals surface area (Å²) in [4.78, 5) is 24.5. The van der Waals surface area contributed by atoms with E-state index >= 15 is 0 Å². The molecule has 1 unspecified atom stereocenters. The molecule has 4 rings (SSSR count). The first-order chi connectivity index (χ1) is 13.1. The number of carbonyl (C=O) groups is 1. The van der Waals surface area contributed by atoms with Crippen molar-refractivity contribution >= 4 is 28.4 Å². The first-order valence-electron chi connectivity index (χ1n) is 9.11. The van der Waals surface area contributed by atoms with Crippen LogP contribution in [0.3, 0.4) is 0 Å². The van der Waals surface area contributed by atoms with Crippen molar-refractivity contribution in [2.45, 2.75) is 31.8 Å². The molecule has 1 N–H and O–H groups in total. The Bertz CT molecular complexity index is 1030. The third-order valence-corrected chi connectivity index (χ3v) is 5.20. The average molecular weight is 382 g/mol. The lowest BCUT2D eigenvalue weighted by atomic mass is 10.0. The van der Waals surface area contributed by atoms with Crippen molar-refractivity contribution in [2.24, 2.45) is 5.92 Å². The summed E-state index contributed by atoms with van der Waals surface area (Å²) in [5.74, 6) is 0.466. The molecule has 5 nitrogen and oxygen atoms in total. The van der Waals surface area contributed by atoms with Gasteiger partial charge in [-0.1, -0.05) is 35.9 Å². The zero-order chi connectivity index (χ0) is 18.8. The number of halogens is 1. The van der Waals surface area contributed by atoms with Crippen LogP contribution in [0.5, 0.6) is 0 Å². The predicted molar refractivity (Wildman–Crippen MR) is 106 cm³/mol. The molecule has 1 fully saturated rings. The molecule has 2 aromatic carbocycles. The highest BCUT2D eigenvalue weighted by Crippen LogP contribution is 2.41. The number of aromatic nitrogens is 2. The van der Waals surface area contributed by atoms with Gasteiger partial charge in [0.05, 0.1) is 24.3 Å². The third-order valence-electron chi connectivity index (χ3n) is 4.95. The molecule has 0 bridgehead atoms. The zero-order valence-corrected chi connectivity index (χ0v) is 15.5. The van der Waals surface area contributed by atoms with Crippen molar-refractivity contribution in [2.75, 3.05) is 0 Å². The minimum absolute atomic E-state index is 0.0217. The van der Waals surface area contributed by atoms with Crippen molar-refractivity contribution < 1.29 is 4.79 Å². The van der Waals surface area contributed by atoms with Gasteiger partial charge in [-0.25, -0.2) is 0 Å². The number of hydrogen-bond donors (Lipinski definition) is 1. The van der Waals surface area contributed by atoms with E-state index in [2.05, 4.69) is 10.4 Å². The lowest BCUT2D eigenvalue weighted by Gasteiger charge is -2.19. The van der Waals surface area contributed by atoms with Crippen molar-refractivity contribution in [3.8, 4) is 0 Å². The highest BCUT2D eigenvalue weighted by molar-refractivity contribution is 6.30. The SMILES string of the molecule is O=C(CCn1ncc(=O)c2ccccc21)NC(c1ccc(Cl)cc1)C1CC1. The second kappa shape index (κ2) is 7.53. The first-order valence-corrected chi connectivity index (χ1v) is 9.49. The fraction of sp³-hybridized carbons (Fsp3) is 0.286. The Kier molecular flexibility index (Phi) is 4.94. The quantitative estimate of drug-likeness (QED) is 0.708. The molecule has 0 aliphatic heterocycles. The first kappa shape index (κ1) is 17.7. The second-order valence-corrected chi connectivity index (χ2v) is 7.37. The van der Waals surface area contributed by atoms with Crippen molar-refractivity contribution in [1.29, 1.82) is 0 Å². The molecule has 3 aromatic rings. The Labute approximate surface area is 162 Å². The van der Waals surface area contributed by atoms with Gasteiger partial charge < -0.3 is 5.32 Å². The Morgan fingerprint density at radius 3 is 2.67 bits per heavy atom. The lowest BCUT2D eigenvalue weighted by Crippen LogP contribution is -2.30. The molecule has 1 atom stereocenters. The minimum atomic E-state index is -0.108. The summed E-state index contributed by atoms with van der Waals surface area (Å²) >= 11 is 5.97. The van der Waals surface area contributed by atoms with Crippen LogP contribution in [-0.4, -0.2) is 15.7 Å². The number of para-hydroxylation sites is 1. The Hall–Kier alpha value is -2.66. The number of aryl methyl sites for hydroxylation is 1. The molecule has 27 heavy (non-hydrogen) atoms. The molecule has 1 heterocycles.